The minimum Gasteiger partial charge on any atom is -0.497 e. The van der Waals surface area contributed by atoms with Crippen molar-refractivity contribution in [2.75, 3.05) is 59.9 Å². The molecule has 0 spiro atoms. The molecular weight excluding hydrogens is 561 g/mol. The predicted octanol–water partition coefficient (Wildman–Crippen LogP) is 5.46. The third kappa shape index (κ3) is 10.1. The van der Waals surface area contributed by atoms with E-state index in [1.165, 1.54) is 5.56 Å². The normalized spacial score (nSPS) is 13.8. The lowest BCUT2D eigenvalue weighted by atomic mass is 10.0. The molecular formula is C28H42Cl3N5O3. The number of hydrogen-bond acceptors (Lipinski definition) is 8. The summed E-state index contributed by atoms with van der Waals surface area (Å²) in [5, 5.41) is 14.6. The number of piperidine rings is 1. The second kappa shape index (κ2) is 17.6. The fraction of sp³-hybridized carbons (Fsp3) is 0.500. The number of aromatic nitrogens is 2. The first kappa shape index (κ1) is 35.0. The fourth-order valence-electron chi connectivity index (χ4n) is 4.61. The zero-order valence-corrected chi connectivity index (χ0v) is 25.7. The van der Waals surface area contributed by atoms with E-state index in [1.54, 1.807) is 14.2 Å². The Balaban J connectivity index is 0.00000253. The summed E-state index contributed by atoms with van der Waals surface area (Å²) in [6, 6.07) is 14.9. The van der Waals surface area contributed by atoms with Crippen LogP contribution in [-0.2, 0) is 17.9 Å². The lowest BCUT2D eigenvalue weighted by molar-refractivity contribution is 0.182. The molecule has 1 N–H and O–H groups in total. The van der Waals surface area contributed by atoms with Crippen LogP contribution in [0, 0.1) is 0 Å². The molecule has 0 atom stereocenters. The maximum absolute atomic E-state index is 5.86. The lowest BCUT2D eigenvalue weighted by Crippen LogP contribution is -2.38. The molecule has 3 aromatic rings. The number of rotatable bonds is 12. The van der Waals surface area contributed by atoms with Crippen LogP contribution in [0.15, 0.2) is 42.5 Å². The van der Waals surface area contributed by atoms with Gasteiger partial charge in [-0.2, -0.15) is 5.10 Å². The van der Waals surface area contributed by atoms with Gasteiger partial charge >= 0.3 is 0 Å². The van der Waals surface area contributed by atoms with Crippen LogP contribution in [-0.4, -0.2) is 80.6 Å². The Hall–Kier alpha value is -2.07. The van der Waals surface area contributed by atoms with E-state index in [-0.39, 0.29) is 37.2 Å². The summed E-state index contributed by atoms with van der Waals surface area (Å²) in [7, 11) is 7.53. The van der Waals surface area contributed by atoms with Crippen LogP contribution in [0.4, 0.5) is 5.82 Å². The highest BCUT2D eigenvalue weighted by atomic mass is 35.5. The van der Waals surface area contributed by atoms with Gasteiger partial charge in [-0.15, -0.1) is 42.3 Å². The minimum absolute atomic E-state index is 0. The number of benzene rings is 2. The molecule has 1 aromatic heterocycles. The summed E-state index contributed by atoms with van der Waals surface area (Å²) in [5.41, 5.74) is 2.15. The monoisotopic (exact) mass is 601 g/mol. The molecule has 0 bridgehead atoms. The number of halogens is 3. The third-order valence-corrected chi connectivity index (χ3v) is 6.62. The number of ether oxygens (including phenoxy) is 3. The van der Waals surface area contributed by atoms with Crippen molar-refractivity contribution >= 4 is 53.8 Å². The van der Waals surface area contributed by atoms with E-state index < -0.39 is 0 Å². The van der Waals surface area contributed by atoms with Crippen molar-refractivity contribution in [3.05, 3.63) is 53.7 Å². The Bertz CT molecular complexity index is 1110. The molecule has 2 heterocycles. The van der Waals surface area contributed by atoms with Gasteiger partial charge in [0.2, 0.25) is 0 Å². The van der Waals surface area contributed by atoms with E-state index in [0.29, 0.717) is 12.6 Å². The number of nitrogens with one attached hydrogen (secondary N) is 1. The van der Waals surface area contributed by atoms with Crippen molar-refractivity contribution in [2.24, 2.45) is 0 Å². The van der Waals surface area contributed by atoms with Crippen LogP contribution in [0.1, 0.15) is 30.5 Å². The number of anilines is 1. The van der Waals surface area contributed by atoms with E-state index in [0.717, 1.165) is 85.8 Å². The molecule has 0 amide bonds. The number of likely N-dealkylation sites (tertiary alicyclic amines) is 1. The average molecular weight is 603 g/mol. The van der Waals surface area contributed by atoms with Crippen LogP contribution in [0.2, 0.25) is 0 Å². The van der Waals surface area contributed by atoms with Crippen LogP contribution in [0.5, 0.6) is 11.5 Å². The maximum atomic E-state index is 5.86. The van der Waals surface area contributed by atoms with Gasteiger partial charge in [0.15, 0.2) is 5.82 Å². The zero-order valence-electron chi connectivity index (χ0n) is 23.2. The first-order chi connectivity index (χ1) is 17.6. The van der Waals surface area contributed by atoms with Gasteiger partial charge in [-0.25, -0.2) is 0 Å². The molecule has 0 saturated carbocycles. The van der Waals surface area contributed by atoms with E-state index in [2.05, 4.69) is 63.7 Å². The smallest absolute Gasteiger partial charge is 0.156 e. The molecule has 4 rings (SSSR count). The highest BCUT2D eigenvalue weighted by Gasteiger charge is 2.21. The second-order valence-electron chi connectivity index (χ2n) is 9.68. The number of fused-ring (bicyclic) bond motifs is 1. The average Bonchev–Trinajstić information content (AvgIpc) is 2.89. The summed E-state index contributed by atoms with van der Waals surface area (Å²) < 4.78 is 16.6. The van der Waals surface area contributed by atoms with Gasteiger partial charge in [0.05, 0.1) is 26.0 Å². The van der Waals surface area contributed by atoms with Gasteiger partial charge in [0.25, 0.3) is 0 Å². The third-order valence-electron chi connectivity index (χ3n) is 6.62. The first-order valence-electron chi connectivity index (χ1n) is 12.7. The predicted molar refractivity (Wildman–Crippen MR) is 166 cm³/mol. The molecule has 39 heavy (non-hydrogen) atoms. The topological polar surface area (TPSA) is 72.0 Å². The molecule has 0 unspecified atom stereocenters. The maximum Gasteiger partial charge on any atom is 0.156 e. The first-order valence-corrected chi connectivity index (χ1v) is 12.7. The van der Waals surface area contributed by atoms with E-state index >= 15 is 0 Å². The van der Waals surface area contributed by atoms with Gasteiger partial charge in [0.1, 0.15) is 11.5 Å². The summed E-state index contributed by atoms with van der Waals surface area (Å²) in [6.07, 6.45) is 3.14. The van der Waals surface area contributed by atoms with Crippen LogP contribution in [0.3, 0.4) is 0 Å². The van der Waals surface area contributed by atoms with Crippen molar-refractivity contribution < 1.29 is 14.2 Å². The molecule has 0 radical (unpaired) electrons. The van der Waals surface area contributed by atoms with Gasteiger partial charge in [-0.3, -0.25) is 4.90 Å². The quantitative estimate of drug-likeness (QED) is 0.274. The van der Waals surface area contributed by atoms with Gasteiger partial charge in [0, 0.05) is 50.1 Å². The van der Waals surface area contributed by atoms with Crippen molar-refractivity contribution in [1.82, 2.24) is 20.0 Å². The van der Waals surface area contributed by atoms with Crippen LogP contribution in [0.25, 0.3) is 10.8 Å². The number of nitrogens with zero attached hydrogens (tertiary/aromatic N) is 4. The standard InChI is InChI=1S/C28H39N5O3.3ClH/c1-32(2)14-5-17-36-23-8-6-21(7-9-23)19-33-15-12-22(13-16-33)29-28-26-18-24(35-4)10-11-25(26)27(20-34-3)30-31-28;;;/h6-11,18,22H,5,12-17,19-20H2,1-4H3,(H,29,31);3*1H. The molecule has 11 heteroatoms. The van der Waals surface area contributed by atoms with E-state index in [9.17, 15) is 0 Å². The molecule has 1 fully saturated rings. The molecule has 2 aromatic carbocycles. The SMILES string of the molecule is COCc1nnc(NC2CCN(Cc3ccc(OCCCN(C)C)cc3)CC2)c2cc(OC)ccc12.Cl.Cl.Cl. The van der Waals surface area contributed by atoms with Crippen molar-refractivity contribution in [3.8, 4) is 11.5 Å². The largest absolute Gasteiger partial charge is 0.497 e. The fourth-order valence-corrected chi connectivity index (χ4v) is 4.61. The summed E-state index contributed by atoms with van der Waals surface area (Å²) in [4.78, 5) is 4.69. The minimum atomic E-state index is 0. The number of methoxy groups -OCH3 is 2. The van der Waals surface area contributed by atoms with Gasteiger partial charge < -0.3 is 24.4 Å². The zero-order chi connectivity index (χ0) is 25.3. The van der Waals surface area contributed by atoms with E-state index in [4.69, 9.17) is 14.2 Å². The van der Waals surface area contributed by atoms with E-state index in [1.807, 2.05) is 18.2 Å². The van der Waals surface area contributed by atoms with Gasteiger partial charge in [-0.05, 0) is 69.3 Å². The highest BCUT2D eigenvalue weighted by molar-refractivity contribution is 5.94. The van der Waals surface area contributed by atoms with Gasteiger partial charge in [-0.1, -0.05) is 12.1 Å². The van der Waals surface area contributed by atoms with Crippen LogP contribution >= 0.6 is 37.2 Å². The van der Waals surface area contributed by atoms with Crippen molar-refractivity contribution in [3.63, 3.8) is 0 Å². The summed E-state index contributed by atoms with van der Waals surface area (Å²) in [6.45, 7) is 5.25. The Kier molecular flexibility index (Phi) is 15.8. The Morgan fingerprint density at radius 3 is 2.26 bits per heavy atom. The number of hydrogen-bond donors (Lipinski definition) is 1. The summed E-state index contributed by atoms with van der Waals surface area (Å²) >= 11 is 0. The highest BCUT2D eigenvalue weighted by Crippen LogP contribution is 2.29. The molecule has 8 nitrogen and oxygen atoms in total. The molecule has 1 aliphatic heterocycles. The molecule has 0 aliphatic carbocycles. The Morgan fingerprint density at radius 2 is 1.62 bits per heavy atom. The van der Waals surface area contributed by atoms with Crippen molar-refractivity contribution in [2.45, 2.75) is 38.5 Å². The van der Waals surface area contributed by atoms with Crippen LogP contribution < -0.4 is 14.8 Å². The Morgan fingerprint density at radius 1 is 0.923 bits per heavy atom. The lowest BCUT2D eigenvalue weighted by Gasteiger charge is -2.32. The molecule has 1 aliphatic rings. The molecule has 218 valence electrons. The molecule has 1 saturated heterocycles. The summed E-state index contributed by atoms with van der Waals surface area (Å²) in [5.74, 6) is 2.56. The van der Waals surface area contributed by atoms with Crippen molar-refractivity contribution in [1.29, 1.82) is 0 Å². The Labute approximate surface area is 251 Å². The second-order valence-corrected chi connectivity index (χ2v) is 9.68.